The Morgan fingerprint density at radius 3 is 2.40 bits per heavy atom. The second-order valence-corrected chi connectivity index (χ2v) is 7.50. The van der Waals surface area contributed by atoms with Crippen molar-refractivity contribution in [2.24, 2.45) is 0 Å². The van der Waals surface area contributed by atoms with Gasteiger partial charge in [0.2, 0.25) is 0 Å². The Labute approximate surface area is 151 Å². The van der Waals surface area contributed by atoms with E-state index in [9.17, 15) is 17.6 Å². The molecule has 5 nitrogen and oxygen atoms in total. The Morgan fingerprint density at radius 2 is 1.84 bits per heavy atom. The predicted octanol–water partition coefficient (Wildman–Crippen LogP) is 3.55. The number of aryl methyl sites for hydroxylation is 1. The predicted molar refractivity (Wildman–Crippen MR) is 93.8 cm³/mol. The van der Waals surface area contributed by atoms with Crippen molar-refractivity contribution in [3.8, 4) is 0 Å². The van der Waals surface area contributed by atoms with Crippen LogP contribution < -0.4 is 4.31 Å². The molecule has 25 heavy (non-hydrogen) atoms. The zero-order chi connectivity index (χ0) is 18.6. The third-order valence-corrected chi connectivity index (χ3v) is 5.42. The van der Waals surface area contributed by atoms with Gasteiger partial charge in [0.25, 0.3) is 10.0 Å². The highest BCUT2D eigenvalue weighted by molar-refractivity contribution is 7.92. The monoisotopic (exact) mass is 385 g/mol. The minimum absolute atomic E-state index is 0.128. The molecule has 0 aliphatic rings. The Kier molecular flexibility index (Phi) is 6.02. The van der Waals surface area contributed by atoms with Gasteiger partial charge in [-0.1, -0.05) is 11.6 Å². The van der Waals surface area contributed by atoms with Crippen molar-refractivity contribution in [1.82, 2.24) is 0 Å². The fourth-order valence-corrected chi connectivity index (χ4v) is 3.96. The summed E-state index contributed by atoms with van der Waals surface area (Å²) in [5.74, 6) is -1.25. The molecule has 134 valence electrons. The van der Waals surface area contributed by atoms with E-state index in [1.165, 1.54) is 12.1 Å². The number of rotatable bonds is 6. The summed E-state index contributed by atoms with van der Waals surface area (Å²) in [6.07, 6.45) is 0. The Balaban J connectivity index is 2.53. The highest BCUT2D eigenvalue weighted by Gasteiger charge is 2.28. The van der Waals surface area contributed by atoms with Gasteiger partial charge in [-0.05, 0) is 61.9 Å². The molecule has 0 heterocycles. The van der Waals surface area contributed by atoms with Crippen LogP contribution in [-0.4, -0.2) is 27.5 Å². The van der Waals surface area contributed by atoms with Crippen LogP contribution in [-0.2, 0) is 19.6 Å². The zero-order valence-electron chi connectivity index (χ0n) is 13.7. The summed E-state index contributed by atoms with van der Waals surface area (Å²) in [5.41, 5.74) is 0.865. The first-order valence-electron chi connectivity index (χ1n) is 7.45. The second-order valence-electron chi connectivity index (χ2n) is 5.20. The Hall–Kier alpha value is -2.12. The average Bonchev–Trinajstić information content (AvgIpc) is 2.54. The minimum Gasteiger partial charge on any atom is -0.465 e. The largest absolute Gasteiger partial charge is 0.465 e. The van der Waals surface area contributed by atoms with Crippen LogP contribution in [0.25, 0.3) is 0 Å². The lowest BCUT2D eigenvalue weighted by Crippen LogP contribution is -2.37. The summed E-state index contributed by atoms with van der Waals surface area (Å²) in [5, 5.41) is 0.441. The molecule has 0 unspecified atom stereocenters. The maximum absolute atomic E-state index is 13.1. The molecular weight excluding hydrogens is 369 g/mol. The van der Waals surface area contributed by atoms with Gasteiger partial charge in [-0.3, -0.25) is 9.10 Å². The van der Waals surface area contributed by atoms with Crippen LogP contribution in [0.3, 0.4) is 0 Å². The first-order valence-corrected chi connectivity index (χ1v) is 9.27. The van der Waals surface area contributed by atoms with Crippen LogP contribution in [0.1, 0.15) is 12.5 Å². The van der Waals surface area contributed by atoms with E-state index in [-0.39, 0.29) is 11.5 Å². The molecule has 0 fully saturated rings. The van der Waals surface area contributed by atoms with Crippen LogP contribution in [0, 0.1) is 12.7 Å². The molecule has 2 aromatic rings. The first kappa shape index (κ1) is 19.2. The van der Waals surface area contributed by atoms with E-state index in [4.69, 9.17) is 16.3 Å². The van der Waals surface area contributed by atoms with Crippen molar-refractivity contribution in [3.05, 3.63) is 58.9 Å². The Bertz CT molecular complexity index is 869. The number of nitrogens with zero attached hydrogens (tertiary/aromatic N) is 1. The van der Waals surface area contributed by atoms with Gasteiger partial charge in [0.1, 0.15) is 12.4 Å². The van der Waals surface area contributed by atoms with E-state index in [1.807, 2.05) is 0 Å². The molecule has 0 saturated carbocycles. The summed E-state index contributed by atoms with van der Waals surface area (Å²) in [6.45, 7) is 2.93. The molecule has 2 aromatic carbocycles. The van der Waals surface area contributed by atoms with Crippen LogP contribution in [0.5, 0.6) is 0 Å². The molecule has 0 spiro atoms. The minimum atomic E-state index is -4.10. The number of carbonyl (C=O) groups is 1. The number of sulfonamides is 1. The topological polar surface area (TPSA) is 63.7 Å². The maximum atomic E-state index is 13.1. The third-order valence-electron chi connectivity index (χ3n) is 3.41. The molecule has 0 saturated heterocycles. The zero-order valence-corrected chi connectivity index (χ0v) is 15.3. The number of benzene rings is 2. The molecular formula is C17H17ClFNO4S. The number of ether oxygens (including phenoxy) is 1. The normalized spacial score (nSPS) is 11.2. The van der Waals surface area contributed by atoms with E-state index in [0.717, 1.165) is 28.6 Å². The molecule has 0 bridgehead atoms. The summed E-state index contributed by atoms with van der Waals surface area (Å²) in [7, 11) is -4.10. The fraction of sp³-hybridized carbons (Fsp3) is 0.235. The molecule has 0 atom stereocenters. The molecule has 0 radical (unpaired) electrons. The van der Waals surface area contributed by atoms with E-state index >= 15 is 0 Å². The van der Waals surface area contributed by atoms with E-state index in [1.54, 1.807) is 19.9 Å². The fourth-order valence-electron chi connectivity index (χ4n) is 2.26. The number of anilines is 1. The van der Waals surface area contributed by atoms with Crippen molar-refractivity contribution >= 4 is 33.3 Å². The number of hydrogen-bond acceptors (Lipinski definition) is 4. The molecule has 0 aromatic heterocycles. The molecule has 8 heteroatoms. The molecule has 0 amide bonds. The molecule has 0 N–H and O–H groups in total. The van der Waals surface area contributed by atoms with Crippen molar-refractivity contribution in [2.75, 3.05) is 17.5 Å². The maximum Gasteiger partial charge on any atom is 0.326 e. The van der Waals surface area contributed by atoms with Gasteiger partial charge in [-0.15, -0.1) is 0 Å². The van der Waals surface area contributed by atoms with Gasteiger partial charge in [0.05, 0.1) is 17.2 Å². The van der Waals surface area contributed by atoms with E-state index in [2.05, 4.69) is 0 Å². The van der Waals surface area contributed by atoms with Crippen LogP contribution in [0.2, 0.25) is 5.02 Å². The third kappa shape index (κ3) is 4.49. The van der Waals surface area contributed by atoms with Gasteiger partial charge in [-0.2, -0.15) is 0 Å². The number of halogens is 2. The second kappa shape index (κ2) is 7.84. The molecule has 0 aliphatic carbocycles. The van der Waals surface area contributed by atoms with Gasteiger partial charge in [0.15, 0.2) is 0 Å². The lowest BCUT2D eigenvalue weighted by molar-refractivity contribution is -0.141. The van der Waals surface area contributed by atoms with Gasteiger partial charge in [0, 0.05) is 5.02 Å². The van der Waals surface area contributed by atoms with E-state index in [0.29, 0.717) is 16.3 Å². The number of esters is 1. The van der Waals surface area contributed by atoms with Crippen LogP contribution in [0.4, 0.5) is 10.1 Å². The summed E-state index contributed by atoms with van der Waals surface area (Å²) >= 11 is 5.92. The SMILES string of the molecule is CCOC(=O)CN(c1ccc(Cl)cc1C)S(=O)(=O)c1ccc(F)cc1. The summed E-state index contributed by atoms with van der Waals surface area (Å²) in [6, 6.07) is 9.02. The van der Waals surface area contributed by atoms with Crippen molar-refractivity contribution < 1.29 is 22.3 Å². The summed E-state index contributed by atoms with van der Waals surface area (Å²) < 4.78 is 44.9. The lowest BCUT2D eigenvalue weighted by Gasteiger charge is -2.25. The molecule has 0 aliphatic heterocycles. The van der Waals surface area contributed by atoms with E-state index < -0.39 is 28.4 Å². The standard InChI is InChI=1S/C17H17ClFNO4S/c1-3-24-17(21)11-20(16-9-4-13(18)10-12(16)2)25(22,23)15-7-5-14(19)6-8-15/h4-10H,3,11H2,1-2H3. The van der Waals surface area contributed by atoms with Gasteiger partial charge >= 0.3 is 5.97 Å². The number of carbonyl (C=O) groups excluding carboxylic acids is 1. The van der Waals surface area contributed by atoms with Crippen molar-refractivity contribution in [3.63, 3.8) is 0 Å². The molecule has 2 rings (SSSR count). The van der Waals surface area contributed by atoms with Crippen molar-refractivity contribution in [2.45, 2.75) is 18.7 Å². The average molecular weight is 386 g/mol. The summed E-state index contributed by atoms with van der Waals surface area (Å²) in [4.78, 5) is 11.8. The lowest BCUT2D eigenvalue weighted by atomic mass is 10.2. The number of hydrogen-bond donors (Lipinski definition) is 0. The van der Waals surface area contributed by atoms with Crippen molar-refractivity contribution in [1.29, 1.82) is 0 Å². The van der Waals surface area contributed by atoms with Gasteiger partial charge < -0.3 is 4.74 Å². The van der Waals surface area contributed by atoms with Gasteiger partial charge in [-0.25, -0.2) is 12.8 Å². The Morgan fingerprint density at radius 1 is 1.20 bits per heavy atom. The smallest absolute Gasteiger partial charge is 0.326 e. The van der Waals surface area contributed by atoms with Crippen LogP contribution in [0.15, 0.2) is 47.4 Å². The first-order chi connectivity index (χ1) is 11.8. The van der Waals surface area contributed by atoms with Crippen LogP contribution >= 0.6 is 11.6 Å². The highest BCUT2D eigenvalue weighted by atomic mass is 35.5. The quantitative estimate of drug-likeness (QED) is 0.713. The highest BCUT2D eigenvalue weighted by Crippen LogP contribution is 2.29.